The monoisotopic (exact) mass is 371 g/mol. The van der Waals surface area contributed by atoms with Crippen molar-refractivity contribution >= 4 is 11.6 Å². The van der Waals surface area contributed by atoms with E-state index in [1.807, 2.05) is 12.1 Å². The number of carbonyl (C=O) groups is 1. The molecule has 0 radical (unpaired) electrons. The molecule has 0 spiro atoms. The normalized spacial score (nSPS) is 14.8. The second-order valence-electron chi connectivity index (χ2n) is 6.64. The highest BCUT2D eigenvalue weighted by atomic mass is 19.1. The minimum Gasteiger partial charge on any atom is -0.497 e. The Hall–Kier alpha value is -2.60. The zero-order valence-electron chi connectivity index (χ0n) is 15.7. The van der Waals surface area contributed by atoms with Crippen molar-refractivity contribution in [2.24, 2.45) is 0 Å². The molecule has 5 nitrogen and oxygen atoms in total. The Morgan fingerprint density at radius 3 is 2.44 bits per heavy atom. The van der Waals surface area contributed by atoms with E-state index >= 15 is 0 Å². The van der Waals surface area contributed by atoms with Gasteiger partial charge < -0.3 is 15.0 Å². The molecule has 1 heterocycles. The SMILES string of the molecule is COc1ccc(N2CCN(CCC(=O)NCc3ccccc3F)CC2)cc1. The molecule has 3 rings (SSSR count). The Morgan fingerprint density at radius 1 is 1.07 bits per heavy atom. The number of carbonyl (C=O) groups excluding carboxylic acids is 1. The molecule has 2 aromatic carbocycles. The molecule has 1 fully saturated rings. The van der Waals surface area contributed by atoms with Crippen LogP contribution in [0.1, 0.15) is 12.0 Å². The number of nitrogens with zero attached hydrogens (tertiary/aromatic N) is 2. The van der Waals surface area contributed by atoms with Crippen molar-refractivity contribution < 1.29 is 13.9 Å². The minimum atomic E-state index is -0.285. The lowest BCUT2D eigenvalue weighted by Gasteiger charge is -2.36. The fourth-order valence-corrected chi connectivity index (χ4v) is 3.21. The van der Waals surface area contributed by atoms with E-state index in [0.29, 0.717) is 12.0 Å². The van der Waals surface area contributed by atoms with Gasteiger partial charge in [-0.2, -0.15) is 0 Å². The van der Waals surface area contributed by atoms with Gasteiger partial charge in [-0.15, -0.1) is 0 Å². The standard InChI is InChI=1S/C21H26FN3O2/c1-27-19-8-6-18(7-9-19)25-14-12-24(13-15-25)11-10-21(26)23-16-17-4-2-3-5-20(17)22/h2-9H,10-16H2,1H3,(H,23,26). The maximum atomic E-state index is 13.6. The fourth-order valence-electron chi connectivity index (χ4n) is 3.21. The number of nitrogens with one attached hydrogen (secondary N) is 1. The first-order chi connectivity index (χ1) is 13.2. The van der Waals surface area contributed by atoms with Crippen LogP contribution in [0.5, 0.6) is 5.75 Å². The van der Waals surface area contributed by atoms with Crippen LogP contribution >= 0.6 is 0 Å². The predicted molar refractivity (Wildman–Crippen MR) is 105 cm³/mol. The van der Waals surface area contributed by atoms with Crippen molar-refractivity contribution in [3.8, 4) is 5.75 Å². The molecular formula is C21H26FN3O2. The Kier molecular flexibility index (Phi) is 6.65. The lowest BCUT2D eigenvalue weighted by molar-refractivity contribution is -0.121. The molecule has 0 unspecified atom stereocenters. The van der Waals surface area contributed by atoms with Crippen molar-refractivity contribution in [1.82, 2.24) is 10.2 Å². The zero-order chi connectivity index (χ0) is 19.1. The third-order valence-corrected chi connectivity index (χ3v) is 4.90. The maximum absolute atomic E-state index is 13.6. The number of piperazine rings is 1. The van der Waals surface area contributed by atoms with E-state index < -0.39 is 0 Å². The van der Waals surface area contributed by atoms with Crippen molar-refractivity contribution in [1.29, 1.82) is 0 Å². The topological polar surface area (TPSA) is 44.8 Å². The Morgan fingerprint density at radius 2 is 1.78 bits per heavy atom. The van der Waals surface area contributed by atoms with Crippen LogP contribution in [0.2, 0.25) is 0 Å². The van der Waals surface area contributed by atoms with Gasteiger partial charge in [0.1, 0.15) is 11.6 Å². The predicted octanol–water partition coefficient (Wildman–Crippen LogP) is 2.66. The van der Waals surface area contributed by atoms with Crippen molar-refractivity contribution in [2.45, 2.75) is 13.0 Å². The van der Waals surface area contributed by atoms with Crippen LogP contribution in [-0.4, -0.2) is 50.6 Å². The molecule has 2 aromatic rings. The van der Waals surface area contributed by atoms with E-state index in [9.17, 15) is 9.18 Å². The smallest absolute Gasteiger partial charge is 0.221 e. The number of rotatable bonds is 7. The maximum Gasteiger partial charge on any atom is 0.221 e. The van der Waals surface area contributed by atoms with E-state index in [4.69, 9.17) is 4.74 Å². The molecular weight excluding hydrogens is 345 g/mol. The molecule has 0 atom stereocenters. The Labute approximate surface area is 159 Å². The summed E-state index contributed by atoms with van der Waals surface area (Å²) in [7, 11) is 1.67. The quantitative estimate of drug-likeness (QED) is 0.813. The molecule has 27 heavy (non-hydrogen) atoms. The summed E-state index contributed by atoms with van der Waals surface area (Å²) in [4.78, 5) is 16.7. The summed E-state index contributed by atoms with van der Waals surface area (Å²) in [6.07, 6.45) is 0.428. The van der Waals surface area contributed by atoms with Gasteiger partial charge in [-0.05, 0) is 30.3 Å². The third kappa shape index (κ3) is 5.44. The Bertz CT molecular complexity index is 743. The largest absolute Gasteiger partial charge is 0.497 e. The van der Waals surface area contributed by atoms with Crippen LogP contribution in [0, 0.1) is 5.82 Å². The fraction of sp³-hybridized carbons (Fsp3) is 0.381. The van der Waals surface area contributed by atoms with Gasteiger partial charge in [-0.3, -0.25) is 9.69 Å². The summed E-state index contributed by atoms with van der Waals surface area (Å²) in [6.45, 7) is 4.67. The number of hydrogen-bond donors (Lipinski definition) is 1. The molecule has 1 aliphatic rings. The van der Waals surface area contributed by atoms with Crippen LogP contribution in [0.4, 0.5) is 10.1 Å². The molecule has 0 bridgehead atoms. The van der Waals surface area contributed by atoms with E-state index in [2.05, 4.69) is 27.2 Å². The van der Waals surface area contributed by atoms with Crippen LogP contribution in [0.3, 0.4) is 0 Å². The summed E-state index contributed by atoms with van der Waals surface area (Å²) in [6, 6.07) is 14.6. The van der Waals surface area contributed by atoms with E-state index in [-0.39, 0.29) is 18.3 Å². The van der Waals surface area contributed by atoms with Gasteiger partial charge in [0, 0.05) is 56.9 Å². The summed E-state index contributed by atoms with van der Waals surface area (Å²) < 4.78 is 18.8. The first-order valence-electron chi connectivity index (χ1n) is 9.27. The molecule has 1 amide bonds. The van der Waals surface area contributed by atoms with Gasteiger partial charge in [0.2, 0.25) is 5.91 Å². The molecule has 144 valence electrons. The average Bonchev–Trinajstić information content (AvgIpc) is 2.72. The second-order valence-corrected chi connectivity index (χ2v) is 6.64. The molecule has 0 aliphatic carbocycles. The highest BCUT2D eigenvalue weighted by Crippen LogP contribution is 2.20. The van der Waals surface area contributed by atoms with E-state index in [1.165, 1.54) is 11.8 Å². The van der Waals surface area contributed by atoms with Crippen LogP contribution in [0.15, 0.2) is 48.5 Å². The molecule has 1 aliphatic heterocycles. The van der Waals surface area contributed by atoms with Gasteiger partial charge in [0.05, 0.1) is 7.11 Å². The lowest BCUT2D eigenvalue weighted by Crippen LogP contribution is -2.47. The number of benzene rings is 2. The van der Waals surface area contributed by atoms with Gasteiger partial charge in [0.15, 0.2) is 0 Å². The average molecular weight is 371 g/mol. The highest BCUT2D eigenvalue weighted by Gasteiger charge is 2.18. The second kappa shape index (κ2) is 9.37. The molecule has 6 heteroatoms. The van der Waals surface area contributed by atoms with Gasteiger partial charge in [-0.25, -0.2) is 4.39 Å². The highest BCUT2D eigenvalue weighted by molar-refractivity contribution is 5.76. The number of methoxy groups -OCH3 is 1. The number of halogens is 1. The summed E-state index contributed by atoms with van der Waals surface area (Å²) in [5, 5.41) is 2.80. The summed E-state index contributed by atoms with van der Waals surface area (Å²) >= 11 is 0. The van der Waals surface area contributed by atoms with Crippen LogP contribution in [-0.2, 0) is 11.3 Å². The number of amides is 1. The zero-order valence-corrected chi connectivity index (χ0v) is 15.7. The number of hydrogen-bond acceptors (Lipinski definition) is 4. The van der Waals surface area contributed by atoms with Crippen molar-refractivity contribution in [3.63, 3.8) is 0 Å². The van der Waals surface area contributed by atoms with Gasteiger partial charge in [0.25, 0.3) is 0 Å². The van der Waals surface area contributed by atoms with Gasteiger partial charge >= 0.3 is 0 Å². The Balaban J connectivity index is 1.37. The van der Waals surface area contributed by atoms with Gasteiger partial charge in [-0.1, -0.05) is 18.2 Å². The van der Waals surface area contributed by atoms with Crippen molar-refractivity contribution in [2.75, 3.05) is 44.7 Å². The van der Waals surface area contributed by atoms with Crippen LogP contribution in [0.25, 0.3) is 0 Å². The lowest BCUT2D eigenvalue weighted by atomic mass is 10.2. The third-order valence-electron chi connectivity index (χ3n) is 4.90. The first-order valence-corrected chi connectivity index (χ1v) is 9.27. The van der Waals surface area contributed by atoms with Crippen molar-refractivity contribution in [3.05, 3.63) is 59.9 Å². The summed E-state index contributed by atoms with van der Waals surface area (Å²) in [5.74, 6) is 0.530. The molecule has 0 saturated carbocycles. The molecule has 1 N–H and O–H groups in total. The van der Waals surface area contributed by atoms with Crippen LogP contribution < -0.4 is 15.0 Å². The minimum absolute atomic E-state index is 0.0455. The van der Waals surface area contributed by atoms with E-state index in [0.717, 1.165) is 38.5 Å². The number of ether oxygens (including phenoxy) is 1. The number of anilines is 1. The molecule has 0 aromatic heterocycles. The first kappa shape index (κ1) is 19.2. The van der Waals surface area contributed by atoms with E-state index in [1.54, 1.807) is 25.3 Å². The molecule has 1 saturated heterocycles. The summed E-state index contributed by atoms with van der Waals surface area (Å²) in [5.41, 5.74) is 1.71.